The van der Waals surface area contributed by atoms with Gasteiger partial charge in [0.1, 0.15) is 11.6 Å². The van der Waals surface area contributed by atoms with E-state index in [0.717, 1.165) is 12.3 Å². The molecule has 2 N–H and O–H groups in total. The van der Waals surface area contributed by atoms with Gasteiger partial charge in [-0.05, 0) is 31.3 Å². The number of pyridine rings is 1. The lowest BCUT2D eigenvalue weighted by Gasteiger charge is -2.07. The Kier molecular flexibility index (Phi) is 4.12. The van der Waals surface area contributed by atoms with Crippen LogP contribution in [-0.2, 0) is 0 Å². The van der Waals surface area contributed by atoms with Crippen LogP contribution in [0.1, 0.15) is 6.92 Å². The molecule has 0 aromatic carbocycles. The van der Waals surface area contributed by atoms with Crippen LogP contribution < -0.4 is 15.4 Å². The largest absolute Gasteiger partial charge is 0.495 e. The van der Waals surface area contributed by atoms with Crippen LogP contribution >= 0.6 is 12.2 Å². The maximum Gasteiger partial charge on any atom is 0.171 e. The van der Waals surface area contributed by atoms with E-state index in [1.165, 1.54) is 0 Å². The van der Waals surface area contributed by atoms with Crippen molar-refractivity contribution in [1.82, 2.24) is 10.3 Å². The normalized spacial score (nSPS) is 9.29. The zero-order chi connectivity index (χ0) is 10.4. The van der Waals surface area contributed by atoms with Crippen LogP contribution in [0.4, 0.5) is 5.82 Å². The van der Waals surface area contributed by atoms with E-state index < -0.39 is 0 Å². The van der Waals surface area contributed by atoms with Crippen molar-refractivity contribution in [1.29, 1.82) is 0 Å². The Balaban J connectivity index is 2.55. The number of thiocarbonyl (C=S) groups is 1. The molecule has 0 bridgehead atoms. The highest BCUT2D eigenvalue weighted by Crippen LogP contribution is 2.10. The zero-order valence-electron chi connectivity index (χ0n) is 8.20. The monoisotopic (exact) mass is 211 g/mol. The van der Waals surface area contributed by atoms with Crippen molar-refractivity contribution in [3.8, 4) is 5.75 Å². The van der Waals surface area contributed by atoms with Gasteiger partial charge in [-0.2, -0.15) is 0 Å². The van der Waals surface area contributed by atoms with Crippen molar-refractivity contribution in [2.45, 2.75) is 6.92 Å². The maximum absolute atomic E-state index is 5.00. The first-order valence-electron chi connectivity index (χ1n) is 4.31. The topological polar surface area (TPSA) is 46.2 Å². The molecule has 0 unspecified atom stereocenters. The Morgan fingerprint density at radius 3 is 2.86 bits per heavy atom. The standard InChI is InChI=1S/C9H13N3OS/c1-3-10-9(14)12-8-5-4-7(13-2)6-11-8/h4-6H,3H2,1-2H3,(H2,10,11,12,14). The van der Waals surface area contributed by atoms with Gasteiger partial charge < -0.3 is 15.4 Å². The molecule has 4 nitrogen and oxygen atoms in total. The lowest BCUT2D eigenvalue weighted by atomic mass is 10.4. The van der Waals surface area contributed by atoms with Crippen molar-refractivity contribution in [3.63, 3.8) is 0 Å². The molecule has 1 heterocycles. The molecule has 0 fully saturated rings. The molecule has 0 aliphatic rings. The molecule has 0 aliphatic carbocycles. The number of aromatic nitrogens is 1. The second-order valence-corrected chi connectivity index (χ2v) is 2.98. The number of nitrogens with zero attached hydrogens (tertiary/aromatic N) is 1. The molecule has 0 amide bonds. The van der Waals surface area contributed by atoms with Crippen LogP contribution in [0.25, 0.3) is 0 Å². The molecule has 1 aromatic heterocycles. The fraction of sp³-hybridized carbons (Fsp3) is 0.333. The molecule has 0 saturated heterocycles. The second kappa shape index (κ2) is 5.39. The van der Waals surface area contributed by atoms with Crippen molar-refractivity contribution in [3.05, 3.63) is 18.3 Å². The summed E-state index contributed by atoms with van der Waals surface area (Å²) in [5.74, 6) is 1.43. The van der Waals surface area contributed by atoms with Crippen molar-refractivity contribution in [2.24, 2.45) is 0 Å². The van der Waals surface area contributed by atoms with Gasteiger partial charge in [0.25, 0.3) is 0 Å². The molecule has 0 radical (unpaired) electrons. The van der Waals surface area contributed by atoms with Crippen molar-refractivity contribution >= 4 is 23.1 Å². The first-order valence-corrected chi connectivity index (χ1v) is 4.72. The maximum atomic E-state index is 5.00. The minimum atomic E-state index is 0.574. The summed E-state index contributed by atoms with van der Waals surface area (Å²) in [4.78, 5) is 4.11. The molecule has 0 atom stereocenters. The third-order valence-corrected chi connectivity index (χ3v) is 1.80. The molecule has 5 heteroatoms. The van der Waals surface area contributed by atoms with Gasteiger partial charge in [0.15, 0.2) is 5.11 Å². The highest BCUT2D eigenvalue weighted by molar-refractivity contribution is 7.80. The van der Waals surface area contributed by atoms with Crippen LogP contribution in [0, 0.1) is 0 Å². The first kappa shape index (κ1) is 10.7. The van der Waals surface area contributed by atoms with Crippen LogP contribution in [0.2, 0.25) is 0 Å². The predicted molar refractivity (Wildman–Crippen MR) is 60.7 cm³/mol. The molecule has 1 rings (SSSR count). The smallest absolute Gasteiger partial charge is 0.171 e. The Hall–Kier alpha value is -1.36. The Morgan fingerprint density at radius 2 is 2.36 bits per heavy atom. The first-order chi connectivity index (χ1) is 6.76. The number of nitrogens with one attached hydrogen (secondary N) is 2. The van der Waals surface area contributed by atoms with E-state index in [4.69, 9.17) is 17.0 Å². The van der Waals surface area contributed by atoms with Gasteiger partial charge in [0.2, 0.25) is 0 Å². The third-order valence-electron chi connectivity index (χ3n) is 1.55. The van der Waals surface area contributed by atoms with Gasteiger partial charge in [0.05, 0.1) is 13.3 Å². The third kappa shape index (κ3) is 3.18. The summed E-state index contributed by atoms with van der Waals surface area (Å²) in [5, 5.41) is 6.49. The summed E-state index contributed by atoms with van der Waals surface area (Å²) < 4.78 is 4.98. The van der Waals surface area contributed by atoms with Crippen molar-refractivity contribution < 1.29 is 4.74 Å². The van der Waals surface area contributed by atoms with Crippen LogP contribution in [0.3, 0.4) is 0 Å². The molecule has 14 heavy (non-hydrogen) atoms. The second-order valence-electron chi connectivity index (χ2n) is 2.57. The van der Waals surface area contributed by atoms with Gasteiger partial charge in [0, 0.05) is 6.54 Å². The number of anilines is 1. The molecule has 1 aromatic rings. The number of rotatable bonds is 3. The van der Waals surface area contributed by atoms with E-state index in [-0.39, 0.29) is 0 Å². The van der Waals surface area contributed by atoms with E-state index in [9.17, 15) is 0 Å². The van der Waals surface area contributed by atoms with Gasteiger partial charge in [-0.1, -0.05) is 0 Å². The summed E-state index contributed by atoms with van der Waals surface area (Å²) in [6.07, 6.45) is 1.64. The van der Waals surface area contributed by atoms with E-state index >= 15 is 0 Å². The van der Waals surface area contributed by atoms with Gasteiger partial charge in [-0.15, -0.1) is 0 Å². The van der Waals surface area contributed by atoms with Crippen LogP contribution in [0.15, 0.2) is 18.3 Å². The number of hydrogen-bond acceptors (Lipinski definition) is 3. The minimum absolute atomic E-state index is 0.574. The fourth-order valence-corrected chi connectivity index (χ4v) is 1.14. The lowest BCUT2D eigenvalue weighted by Crippen LogP contribution is -2.28. The summed E-state index contributed by atoms with van der Waals surface area (Å²) in [6, 6.07) is 3.63. The number of methoxy groups -OCH3 is 1. The Labute approximate surface area is 88.7 Å². The molecule has 0 saturated carbocycles. The quantitative estimate of drug-likeness (QED) is 0.740. The SMILES string of the molecule is CCNC(=S)Nc1ccc(OC)cn1. The molecule has 0 aliphatic heterocycles. The Bertz CT molecular complexity index is 299. The van der Waals surface area contributed by atoms with Crippen LogP contribution in [0.5, 0.6) is 5.75 Å². The highest BCUT2D eigenvalue weighted by atomic mass is 32.1. The van der Waals surface area contributed by atoms with Gasteiger partial charge in [-0.3, -0.25) is 0 Å². The molecular weight excluding hydrogens is 198 g/mol. The van der Waals surface area contributed by atoms with E-state index in [0.29, 0.717) is 10.9 Å². The number of hydrogen-bond donors (Lipinski definition) is 2. The molecule has 76 valence electrons. The average Bonchev–Trinajstić information content (AvgIpc) is 2.19. The van der Waals surface area contributed by atoms with E-state index in [1.54, 1.807) is 13.3 Å². The lowest BCUT2D eigenvalue weighted by molar-refractivity contribution is 0.413. The Morgan fingerprint density at radius 1 is 1.57 bits per heavy atom. The van der Waals surface area contributed by atoms with Crippen LogP contribution in [-0.4, -0.2) is 23.8 Å². The zero-order valence-corrected chi connectivity index (χ0v) is 9.02. The van der Waals surface area contributed by atoms with E-state index in [2.05, 4.69) is 15.6 Å². The van der Waals surface area contributed by atoms with E-state index in [1.807, 2.05) is 19.1 Å². The summed E-state index contributed by atoms with van der Waals surface area (Å²) in [7, 11) is 1.60. The highest BCUT2D eigenvalue weighted by Gasteiger charge is 1.97. The molecular formula is C9H13N3OS. The molecule has 0 spiro atoms. The summed E-state index contributed by atoms with van der Waals surface area (Å²) >= 11 is 5.00. The predicted octanol–water partition coefficient (Wildman–Crippen LogP) is 1.40. The summed E-state index contributed by atoms with van der Waals surface area (Å²) in [5.41, 5.74) is 0. The summed E-state index contributed by atoms with van der Waals surface area (Å²) in [6.45, 7) is 2.78. The minimum Gasteiger partial charge on any atom is -0.495 e. The van der Waals surface area contributed by atoms with Gasteiger partial charge >= 0.3 is 0 Å². The van der Waals surface area contributed by atoms with Gasteiger partial charge in [-0.25, -0.2) is 4.98 Å². The number of ether oxygens (including phenoxy) is 1. The van der Waals surface area contributed by atoms with Crippen molar-refractivity contribution in [2.75, 3.05) is 19.0 Å². The average molecular weight is 211 g/mol. The fourth-order valence-electron chi connectivity index (χ4n) is 0.896.